The summed E-state index contributed by atoms with van der Waals surface area (Å²) < 4.78 is 14.2. The van der Waals surface area contributed by atoms with Crippen LogP contribution in [0.2, 0.25) is 0 Å². The van der Waals surface area contributed by atoms with Gasteiger partial charge in [-0.05, 0) is 43.3 Å². The molecule has 0 spiro atoms. The number of nitrogens with zero attached hydrogens (tertiary/aromatic N) is 3. The Morgan fingerprint density at radius 1 is 1.11 bits per heavy atom. The van der Waals surface area contributed by atoms with Crippen molar-refractivity contribution >= 4 is 38.8 Å². The molecule has 1 atom stereocenters. The van der Waals surface area contributed by atoms with Crippen molar-refractivity contribution in [2.24, 2.45) is 0 Å². The van der Waals surface area contributed by atoms with Crippen molar-refractivity contribution in [3.8, 4) is 10.6 Å². The zero-order valence-electron chi connectivity index (χ0n) is 14.7. The Balaban J connectivity index is 1.55. The van der Waals surface area contributed by atoms with E-state index in [1.165, 1.54) is 23.5 Å². The molecule has 0 bridgehead atoms. The molecule has 4 nitrogen and oxygen atoms in total. The second kappa shape index (κ2) is 7.17. The highest BCUT2D eigenvalue weighted by molar-refractivity contribution is 7.18. The van der Waals surface area contributed by atoms with Crippen molar-refractivity contribution in [2.75, 3.05) is 7.05 Å². The summed E-state index contributed by atoms with van der Waals surface area (Å²) in [6, 6.07) is 13.9. The summed E-state index contributed by atoms with van der Waals surface area (Å²) in [5.74, 6) is -0.456. The summed E-state index contributed by atoms with van der Waals surface area (Å²) in [6.07, 6.45) is 0. The molecule has 136 valence electrons. The molecular formula is C20H16FN3OS2. The summed E-state index contributed by atoms with van der Waals surface area (Å²) >= 11 is 2.96. The van der Waals surface area contributed by atoms with Crippen molar-refractivity contribution in [3.05, 3.63) is 70.4 Å². The van der Waals surface area contributed by atoms with Crippen molar-refractivity contribution in [3.63, 3.8) is 0 Å². The highest BCUT2D eigenvalue weighted by Gasteiger charge is 2.23. The third kappa shape index (κ3) is 3.48. The molecule has 27 heavy (non-hydrogen) atoms. The summed E-state index contributed by atoms with van der Waals surface area (Å²) in [6.45, 7) is 1.96. The molecule has 0 saturated carbocycles. The molecule has 7 heteroatoms. The molecule has 2 aromatic heterocycles. The lowest BCUT2D eigenvalue weighted by Crippen LogP contribution is -2.29. The fraction of sp³-hybridized carbons (Fsp3) is 0.150. The topological polar surface area (TPSA) is 46.1 Å². The van der Waals surface area contributed by atoms with Crippen LogP contribution in [-0.2, 0) is 0 Å². The van der Waals surface area contributed by atoms with Gasteiger partial charge < -0.3 is 4.90 Å². The van der Waals surface area contributed by atoms with Gasteiger partial charge in [-0.3, -0.25) is 4.79 Å². The van der Waals surface area contributed by atoms with E-state index in [4.69, 9.17) is 0 Å². The van der Waals surface area contributed by atoms with Crippen LogP contribution in [0.15, 0.2) is 53.9 Å². The quantitative estimate of drug-likeness (QED) is 0.464. The van der Waals surface area contributed by atoms with E-state index >= 15 is 0 Å². The highest BCUT2D eigenvalue weighted by Crippen LogP contribution is 2.30. The van der Waals surface area contributed by atoms with Gasteiger partial charge in [-0.1, -0.05) is 12.1 Å². The number of hydrogen-bond donors (Lipinski definition) is 0. The van der Waals surface area contributed by atoms with Crippen LogP contribution in [0.3, 0.4) is 0 Å². The maximum atomic E-state index is 13.1. The first-order chi connectivity index (χ1) is 13.0. The Hall–Kier alpha value is -2.64. The van der Waals surface area contributed by atoms with Crippen molar-refractivity contribution in [1.82, 2.24) is 14.9 Å². The molecule has 2 heterocycles. The van der Waals surface area contributed by atoms with Gasteiger partial charge in [0.2, 0.25) is 0 Å². The van der Waals surface area contributed by atoms with E-state index in [-0.39, 0.29) is 17.8 Å². The van der Waals surface area contributed by atoms with E-state index in [9.17, 15) is 9.18 Å². The van der Waals surface area contributed by atoms with Gasteiger partial charge in [0, 0.05) is 18.0 Å². The summed E-state index contributed by atoms with van der Waals surface area (Å²) in [5, 5.41) is 3.32. The number of hydrogen-bond acceptors (Lipinski definition) is 5. The molecule has 1 unspecified atom stereocenters. The summed E-state index contributed by atoms with van der Waals surface area (Å²) in [7, 11) is 1.76. The van der Waals surface area contributed by atoms with Gasteiger partial charge in [0.15, 0.2) is 0 Å². The number of benzene rings is 2. The zero-order chi connectivity index (χ0) is 19.0. The average Bonchev–Trinajstić information content (AvgIpc) is 3.34. The lowest BCUT2D eigenvalue weighted by molar-refractivity contribution is 0.0737. The molecule has 4 rings (SSSR count). The average molecular weight is 398 g/mol. The van der Waals surface area contributed by atoms with E-state index in [1.54, 1.807) is 40.8 Å². The maximum absolute atomic E-state index is 13.1. The van der Waals surface area contributed by atoms with E-state index in [0.29, 0.717) is 10.7 Å². The second-order valence-corrected chi connectivity index (χ2v) is 8.08. The number of carbonyl (C=O) groups excluding carboxylic acids is 1. The molecule has 0 fully saturated rings. The first-order valence-corrected chi connectivity index (χ1v) is 10.1. The molecule has 0 saturated heterocycles. The SMILES string of the molecule is CC(c1nc2ccccc2s1)N(C)C(=O)c1csc(-c2ccc(F)cc2)n1. The molecular weight excluding hydrogens is 381 g/mol. The number of amides is 1. The molecule has 1 amide bonds. The summed E-state index contributed by atoms with van der Waals surface area (Å²) in [4.78, 5) is 23.6. The number of carbonyl (C=O) groups is 1. The largest absolute Gasteiger partial charge is 0.331 e. The molecule has 0 N–H and O–H groups in total. The lowest BCUT2D eigenvalue weighted by Gasteiger charge is -2.22. The molecule has 4 aromatic rings. The van der Waals surface area contributed by atoms with E-state index in [0.717, 1.165) is 20.8 Å². The zero-order valence-corrected chi connectivity index (χ0v) is 16.4. The fourth-order valence-electron chi connectivity index (χ4n) is 2.69. The minimum atomic E-state index is -0.295. The van der Waals surface area contributed by atoms with E-state index in [2.05, 4.69) is 9.97 Å². The molecule has 2 aromatic carbocycles. The standard InChI is InChI=1S/C20H16FN3OS2/c1-12(18-22-15-5-3-4-6-17(15)27-18)24(2)20(25)16-11-26-19(23-16)13-7-9-14(21)10-8-13/h3-12H,1-2H3. The molecule has 0 aliphatic heterocycles. The second-order valence-electron chi connectivity index (χ2n) is 6.16. The van der Waals surface area contributed by atoms with Crippen LogP contribution in [-0.4, -0.2) is 27.8 Å². The van der Waals surface area contributed by atoms with Gasteiger partial charge in [0.1, 0.15) is 21.5 Å². The monoisotopic (exact) mass is 397 g/mol. The third-order valence-corrected chi connectivity index (χ3v) is 6.48. The Bertz CT molecular complexity index is 1070. The predicted octanol–water partition coefficient (Wildman–Crippen LogP) is 5.39. The Morgan fingerprint density at radius 2 is 1.85 bits per heavy atom. The number of para-hydroxylation sites is 1. The van der Waals surface area contributed by atoms with Crippen LogP contribution in [0.5, 0.6) is 0 Å². The Morgan fingerprint density at radius 3 is 2.59 bits per heavy atom. The number of thiazole rings is 2. The van der Waals surface area contributed by atoms with Crippen molar-refractivity contribution < 1.29 is 9.18 Å². The van der Waals surface area contributed by atoms with Crippen molar-refractivity contribution in [1.29, 1.82) is 0 Å². The normalized spacial score (nSPS) is 12.3. The van der Waals surface area contributed by atoms with Gasteiger partial charge in [-0.15, -0.1) is 22.7 Å². The van der Waals surface area contributed by atoms with Crippen molar-refractivity contribution in [2.45, 2.75) is 13.0 Å². The first-order valence-electron chi connectivity index (χ1n) is 8.37. The highest BCUT2D eigenvalue weighted by atomic mass is 32.1. The Kier molecular flexibility index (Phi) is 4.72. The number of aromatic nitrogens is 2. The van der Waals surface area contributed by atoms with Gasteiger partial charge in [-0.2, -0.15) is 0 Å². The predicted molar refractivity (Wildman–Crippen MR) is 108 cm³/mol. The van der Waals surface area contributed by atoms with Crippen LogP contribution >= 0.6 is 22.7 Å². The van der Waals surface area contributed by atoms with Gasteiger partial charge in [-0.25, -0.2) is 14.4 Å². The first kappa shape index (κ1) is 17.8. The van der Waals surface area contributed by atoms with Crippen LogP contribution in [0, 0.1) is 5.82 Å². The van der Waals surface area contributed by atoms with Crippen LogP contribution in [0.4, 0.5) is 4.39 Å². The smallest absolute Gasteiger partial charge is 0.273 e. The number of rotatable bonds is 4. The van der Waals surface area contributed by atoms with Gasteiger partial charge >= 0.3 is 0 Å². The maximum Gasteiger partial charge on any atom is 0.273 e. The molecule has 0 aliphatic carbocycles. The Labute approximate surface area is 163 Å². The fourth-order valence-corrected chi connectivity index (χ4v) is 4.55. The number of fused-ring (bicyclic) bond motifs is 1. The minimum absolute atomic E-state index is 0.161. The van der Waals surface area contributed by atoms with Crippen LogP contribution < -0.4 is 0 Å². The lowest BCUT2D eigenvalue weighted by atomic mass is 10.2. The van der Waals surface area contributed by atoms with E-state index < -0.39 is 0 Å². The van der Waals surface area contributed by atoms with E-state index in [1.807, 2.05) is 31.2 Å². The number of halogens is 1. The third-order valence-electron chi connectivity index (χ3n) is 4.38. The molecule has 0 radical (unpaired) electrons. The minimum Gasteiger partial charge on any atom is -0.331 e. The van der Waals surface area contributed by atoms with Crippen LogP contribution in [0.1, 0.15) is 28.5 Å². The van der Waals surface area contributed by atoms with Gasteiger partial charge in [0.25, 0.3) is 5.91 Å². The van der Waals surface area contributed by atoms with Gasteiger partial charge in [0.05, 0.1) is 16.3 Å². The van der Waals surface area contributed by atoms with Crippen LogP contribution in [0.25, 0.3) is 20.8 Å². The summed E-state index contributed by atoms with van der Waals surface area (Å²) in [5.41, 5.74) is 2.12. The molecule has 0 aliphatic rings.